The number of ether oxygens (including phenoxy) is 3. The molecule has 1 aromatic heterocycles. The van der Waals surface area contributed by atoms with E-state index in [0.29, 0.717) is 35.9 Å². The van der Waals surface area contributed by atoms with Crippen LogP contribution in [0.1, 0.15) is 12.5 Å². The maximum atomic E-state index is 12.8. The maximum absolute atomic E-state index is 12.8. The first-order chi connectivity index (χ1) is 15.5. The number of hydrogen-bond acceptors (Lipinski definition) is 8. The van der Waals surface area contributed by atoms with Gasteiger partial charge in [-0.1, -0.05) is 6.07 Å². The molecule has 3 heterocycles. The lowest BCUT2D eigenvalue weighted by Crippen LogP contribution is -2.68. The second-order valence-corrected chi connectivity index (χ2v) is 8.14. The monoisotopic (exact) mass is 435 g/mol. The summed E-state index contributed by atoms with van der Waals surface area (Å²) in [7, 11) is 3.22. The molecule has 32 heavy (non-hydrogen) atoms. The minimum atomic E-state index is -0.511. The average Bonchev–Trinajstić information content (AvgIpc) is 3.18. The van der Waals surface area contributed by atoms with Gasteiger partial charge < -0.3 is 24.8 Å². The van der Waals surface area contributed by atoms with Crippen LogP contribution < -0.4 is 25.0 Å². The SMILES string of the molecule is COc1cc2ncnc(Nc3cccc(OC)c3C)c2cc1N1CC2(CNC2C)OC1=O. The van der Waals surface area contributed by atoms with Crippen molar-refractivity contribution in [2.75, 3.05) is 37.5 Å². The molecule has 0 aliphatic carbocycles. The summed E-state index contributed by atoms with van der Waals surface area (Å²) in [5, 5.41) is 7.42. The normalized spacial score (nSPS) is 22.1. The Hall–Kier alpha value is -3.59. The maximum Gasteiger partial charge on any atom is 0.415 e. The molecule has 2 aliphatic rings. The van der Waals surface area contributed by atoms with Gasteiger partial charge in [-0.15, -0.1) is 0 Å². The number of nitrogens with zero attached hydrogens (tertiary/aromatic N) is 3. The minimum absolute atomic E-state index is 0.0968. The van der Waals surface area contributed by atoms with Crippen molar-refractivity contribution in [1.82, 2.24) is 15.3 Å². The van der Waals surface area contributed by atoms with E-state index in [2.05, 4.69) is 20.6 Å². The Morgan fingerprint density at radius 1 is 1.22 bits per heavy atom. The molecule has 0 radical (unpaired) electrons. The minimum Gasteiger partial charge on any atom is -0.496 e. The number of aromatic nitrogens is 2. The first-order valence-corrected chi connectivity index (χ1v) is 10.4. The van der Waals surface area contributed by atoms with Crippen LogP contribution in [0.25, 0.3) is 10.9 Å². The first kappa shape index (κ1) is 20.3. The van der Waals surface area contributed by atoms with Gasteiger partial charge in [-0.3, -0.25) is 4.90 Å². The zero-order chi connectivity index (χ0) is 22.5. The molecule has 0 bridgehead atoms. The molecule has 2 aromatic carbocycles. The summed E-state index contributed by atoms with van der Waals surface area (Å²) in [4.78, 5) is 23.3. The number of anilines is 3. The molecular formula is C23H25N5O4. The first-order valence-electron chi connectivity index (χ1n) is 10.4. The van der Waals surface area contributed by atoms with E-state index in [4.69, 9.17) is 14.2 Å². The second-order valence-electron chi connectivity index (χ2n) is 8.14. The fourth-order valence-electron chi connectivity index (χ4n) is 4.27. The molecule has 2 fully saturated rings. The number of carbonyl (C=O) groups is 1. The summed E-state index contributed by atoms with van der Waals surface area (Å²) in [6.07, 6.45) is 1.12. The van der Waals surface area contributed by atoms with E-state index in [0.717, 1.165) is 22.4 Å². The number of amides is 1. The van der Waals surface area contributed by atoms with Crippen LogP contribution >= 0.6 is 0 Å². The summed E-state index contributed by atoms with van der Waals surface area (Å²) in [5.74, 6) is 1.95. The van der Waals surface area contributed by atoms with Crippen molar-refractivity contribution in [2.24, 2.45) is 0 Å². The van der Waals surface area contributed by atoms with Gasteiger partial charge in [0.1, 0.15) is 23.6 Å². The van der Waals surface area contributed by atoms with Crippen LogP contribution in [0.3, 0.4) is 0 Å². The smallest absolute Gasteiger partial charge is 0.415 e. The lowest BCUT2D eigenvalue weighted by Gasteiger charge is -2.43. The molecule has 3 aromatic rings. The third-order valence-corrected chi connectivity index (χ3v) is 6.42. The van der Waals surface area contributed by atoms with Crippen LogP contribution in [0, 0.1) is 6.92 Å². The largest absolute Gasteiger partial charge is 0.496 e. The Bertz CT molecular complexity index is 1220. The Morgan fingerprint density at radius 2 is 2.03 bits per heavy atom. The molecule has 0 saturated carbocycles. The molecule has 1 amide bonds. The fourth-order valence-corrected chi connectivity index (χ4v) is 4.27. The summed E-state index contributed by atoms with van der Waals surface area (Å²) in [5.41, 5.74) is 2.65. The number of carbonyl (C=O) groups excluding carboxylic acids is 1. The molecule has 1 spiro atoms. The number of nitrogens with one attached hydrogen (secondary N) is 2. The van der Waals surface area contributed by atoms with E-state index >= 15 is 0 Å². The van der Waals surface area contributed by atoms with Gasteiger partial charge >= 0.3 is 6.09 Å². The highest BCUT2D eigenvalue weighted by Crippen LogP contribution is 2.41. The van der Waals surface area contributed by atoms with Gasteiger partial charge in [-0.2, -0.15) is 0 Å². The van der Waals surface area contributed by atoms with E-state index in [1.54, 1.807) is 19.1 Å². The van der Waals surface area contributed by atoms with E-state index in [9.17, 15) is 4.79 Å². The number of benzene rings is 2. The second kappa shape index (κ2) is 7.52. The van der Waals surface area contributed by atoms with Crippen LogP contribution in [0.15, 0.2) is 36.7 Å². The predicted molar refractivity (Wildman–Crippen MR) is 121 cm³/mol. The average molecular weight is 435 g/mol. The molecule has 9 heteroatoms. The topological polar surface area (TPSA) is 97.8 Å². The van der Waals surface area contributed by atoms with Gasteiger partial charge in [0.05, 0.1) is 32.0 Å². The Balaban J connectivity index is 1.58. The quantitative estimate of drug-likeness (QED) is 0.630. The van der Waals surface area contributed by atoms with E-state index in [-0.39, 0.29) is 12.1 Å². The summed E-state index contributed by atoms with van der Waals surface area (Å²) >= 11 is 0. The highest BCUT2D eigenvalue weighted by Gasteiger charge is 2.55. The van der Waals surface area contributed by atoms with Gasteiger partial charge in [0.15, 0.2) is 5.60 Å². The zero-order valence-electron chi connectivity index (χ0n) is 18.4. The Kier molecular flexibility index (Phi) is 4.78. The van der Waals surface area contributed by atoms with Crippen molar-refractivity contribution in [3.8, 4) is 11.5 Å². The van der Waals surface area contributed by atoms with E-state index in [1.165, 1.54) is 6.33 Å². The fraction of sp³-hybridized carbons (Fsp3) is 0.348. The van der Waals surface area contributed by atoms with Crippen molar-refractivity contribution >= 4 is 34.2 Å². The third-order valence-electron chi connectivity index (χ3n) is 6.42. The Labute approximate surface area is 185 Å². The van der Waals surface area contributed by atoms with Gasteiger partial charge in [-0.05, 0) is 32.0 Å². The van der Waals surface area contributed by atoms with Crippen molar-refractivity contribution < 1.29 is 19.0 Å². The highest BCUT2D eigenvalue weighted by atomic mass is 16.6. The highest BCUT2D eigenvalue weighted by molar-refractivity contribution is 6.00. The van der Waals surface area contributed by atoms with Crippen molar-refractivity contribution in [3.05, 3.63) is 42.2 Å². The lowest BCUT2D eigenvalue weighted by atomic mass is 9.87. The number of fused-ring (bicyclic) bond motifs is 1. The summed E-state index contributed by atoms with van der Waals surface area (Å²) in [6, 6.07) is 9.58. The van der Waals surface area contributed by atoms with Crippen LogP contribution in [-0.2, 0) is 4.74 Å². The van der Waals surface area contributed by atoms with Crippen LogP contribution in [-0.4, -0.2) is 55.0 Å². The van der Waals surface area contributed by atoms with E-state index < -0.39 is 5.60 Å². The molecule has 2 aliphatic heterocycles. The molecule has 166 valence electrons. The van der Waals surface area contributed by atoms with Crippen LogP contribution in [0.2, 0.25) is 0 Å². The Morgan fingerprint density at radius 3 is 2.69 bits per heavy atom. The predicted octanol–water partition coefficient (Wildman–Crippen LogP) is 3.39. The standard InChI is InChI=1S/C23H25N5O4/c1-13-16(6-5-7-19(13)30-3)27-21-15-8-18(20(31-4)9-17(15)25-12-26-21)28-11-23(32-22(28)29)10-24-14(23)2/h5-9,12,14,24H,10-11H2,1-4H3,(H,25,26,27). The molecule has 2 saturated heterocycles. The van der Waals surface area contributed by atoms with Crippen molar-refractivity contribution in [1.29, 1.82) is 0 Å². The number of methoxy groups -OCH3 is 2. The van der Waals surface area contributed by atoms with Crippen molar-refractivity contribution in [2.45, 2.75) is 25.5 Å². The van der Waals surface area contributed by atoms with Gasteiger partial charge in [0, 0.05) is 35.3 Å². The van der Waals surface area contributed by atoms with E-state index in [1.807, 2.05) is 44.2 Å². The molecule has 5 rings (SSSR count). The summed E-state index contributed by atoms with van der Waals surface area (Å²) < 4.78 is 16.8. The van der Waals surface area contributed by atoms with Gasteiger partial charge in [0.2, 0.25) is 0 Å². The zero-order valence-corrected chi connectivity index (χ0v) is 18.4. The molecule has 9 nitrogen and oxygen atoms in total. The summed E-state index contributed by atoms with van der Waals surface area (Å²) in [6.45, 7) is 5.08. The molecule has 2 atom stereocenters. The number of rotatable bonds is 5. The lowest BCUT2D eigenvalue weighted by molar-refractivity contribution is -0.0240. The molecular weight excluding hydrogens is 410 g/mol. The van der Waals surface area contributed by atoms with Crippen LogP contribution in [0.5, 0.6) is 11.5 Å². The van der Waals surface area contributed by atoms with Gasteiger partial charge in [0.25, 0.3) is 0 Å². The number of hydrogen-bond donors (Lipinski definition) is 2. The third kappa shape index (κ3) is 3.08. The van der Waals surface area contributed by atoms with Crippen LogP contribution in [0.4, 0.5) is 22.0 Å². The van der Waals surface area contributed by atoms with Crippen molar-refractivity contribution in [3.63, 3.8) is 0 Å². The van der Waals surface area contributed by atoms with Gasteiger partial charge in [-0.25, -0.2) is 14.8 Å². The molecule has 2 unspecified atom stereocenters. The molecule has 2 N–H and O–H groups in total.